The van der Waals surface area contributed by atoms with Crippen molar-refractivity contribution in [2.24, 2.45) is 0 Å². The standard InChI is InChI=1S/C14H21N5/c1-10-6-7-12(8-11(10)2)19-13(16-17-18-19)9-15-14(3,4)5/h6-8,15H,9H2,1-5H3. The van der Waals surface area contributed by atoms with Gasteiger partial charge < -0.3 is 5.32 Å². The van der Waals surface area contributed by atoms with Gasteiger partial charge in [0, 0.05) is 5.54 Å². The zero-order valence-corrected chi connectivity index (χ0v) is 12.2. The number of rotatable bonds is 3. The molecule has 2 rings (SSSR count). The molecule has 102 valence electrons. The van der Waals surface area contributed by atoms with Gasteiger partial charge in [0.1, 0.15) is 0 Å². The Labute approximate surface area is 114 Å². The Kier molecular flexibility index (Phi) is 3.66. The predicted octanol–water partition coefficient (Wildman–Crippen LogP) is 2.17. The highest BCUT2D eigenvalue weighted by atomic mass is 15.5. The number of benzene rings is 1. The molecule has 0 saturated heterocycles. The number of tetrazole rings is 1. The second-order valence-corrected chi connectivity index (χ2v) is 5.88. The summed E-state index contributed by atoms with van der Waals surface area (Å²) in [6.45, 7) is 11.2. The first kappa shape index (κ1) is 13.7. The molecular formula is C14H21N5. The van der Waals surface area contributed by atoms with Crippen molar-refractivity contribution in [2.45, 2.75) is 46.7 Å². The Balaban J connectivity index is 2.26. The Bertz CT molecular complexity index is 565. The highest BCUT2D eigenvalue weighted by Gasteiger charge is 2.13. The van der Waals surface area contributed by atoms with E-state index in [1.165, 1.54) is 11.1 Å². The summed E-state index contributed by atoms with van der Waals surface area (Å²) in [6, 6.07) is 6.23. The lowest BCUT2D eigenvalue weighted by Gasteiger charge is -2.19. The minimum atomic E-state index is 0.0416. The van der Waals surface area contributed by atoms with Crippen LogP contribution in [0.25, 0.3) is 5.69 Å². The molecule has 5 heteroatoms. The van der Waals surface area contributed by atoms with Gasteiger partial charge in [-0.2, -0.15) is 4.68 Å². The van der Waals surface area contributed by atoms with Gasteiger partial charge in [0.05, 0.1) is 12.2 Å². The first-order chi connectivity index (χ1) is 8.87. The van der Waals surface area contributed by atoms with Crippen LogP contribution >= 0.6 is 0 Å². The summed E-state index contributed by atoms with van der Waals surface area (Å²) >= 11 is 0. The zero-order chi connectivity index (χ0) is 14.0. The Morgan fingerprint density at radius 3 is 2.53 bits per heavy atom. The summed E-state index contributed by atoms with van der Waals surface area (Å²) in [5.41, 5.74) is 3.55. The largest absolute Gasteiger partial charge is 0.305 e. The third-order valence-corrected chi connectivity index (χ3v) is 3.05. The fourth-order valence-electron chi connectivity index (χ4n) is 1.72. The fourth-order valence-corrected chi connectivity index (χ4v) is 1.72. The number of aromatic nitrogens is 4. The first-order valence-corrected chi connectivity index (χ1v) is 6.47. The van der Waals surface area contributed by atoms with Gasteiger partial charge in [-0.05, 0) is 68.3 Å². The predicted molar refractivity (Wildman–Crippen MR) is 75.2 cm³/mol. The minimum Gasteiger partial charge on any atom is -0.305 e. The quantitative estimate of drug-likeness (QED) is 0.917. The van der Waals surface area contributed by atoms with E-state index < -0.39 is 0 Å². The third kappa shape index (κ3) is 3.38. The van der Waals surface area contributed by atoms with Gasteiger partial charge in [0.2, 0.25) is 0 Å². The molecule has 0 bridgehead atoms. The molecule has 1 N–H and O–H groups in total. The van der Waals surface area contributed by atoms with Crippen LogP contribution < -0.4 is 5.32 Å². The SMILES string of the molecule is Cc1ccc(-n2nnnc2CNC(C)(C)C)cc1C. The smallest absolute Gasteiger partial charge is 0.170 e. The van der Waals surface area contributed by atoms with Crippen molar-refractivity contribution in [3.8, 4) is 5.69 Å². The van der Waals surface area contributed by atoms with Crippen molar-refractivity contribution in [1.29, 1.82) is 0 Å². The lowest BCUT2D eigenvalue weighted by molar-refractivity contribution is 0.415. The highest BCUT2D eigenvalue weighted by molar-refractivity contribution is 5.39. The molecule has 0 saturated carbocycles. The maximum atomic E-state index is 4.09. The van der Waals surface area contributed by atoms with Crippen LogP contribution in [0, 0.1) is 13.8 Å². The Morgan fingerprint density at radius 2 is 1.89 bits per heavy atom. The summed E-state index contributed by atoms with van der Waals surface area (Å²) in [5, 5.41) is 15.3. The topological polar surface area (TPSA) is 55.6 Å². The van der Waals surface area contributed by atoms with Crippen molar-refractivity contribution >= 4 is 0 Å². The van der Waals surface area contributed by atoms with Gasteiger partial charge in [0.25, 0.3) is 0 Å². The average Bonchev–Trinajstić information content (AvgIpc) is 2.77. The second-order valence-electron chi connectivity index (χ2n) is 5.88. The van der Waals surface area contributed by atoms with Gasteiger partial charge in [0.15, 0.2) is 5.82 Å². The molecular weight excluding hydrogens is 238 g/mol. The van der Waals surface area contributed by atoms with Crippen molar-refractivity contribution in [3.05, 3.63) is 35.2 Å². The van der Waals surface area contributed by atoms with E-state index in [9.17, 15) is 0 Å². The molecule has 0 unspecified atom stereocenters. The van der Waals surface area contributed by atoms with Crippen LogP contribution in [0.4, 0.5) is 0 Å². The normalized spacial score (nSPS) is 11.8. The molecule has 0 aliphatic rings. The molecule has 0 fully saturated rings. The highest BCUT2D eigenvalue weighted by Crippen LogP contribution is 2.14. The maximum absolute atomic E-state index is 4.09. The van der Waals surface area contributed by atoms with Gasteiger partial charge in [-0.15, -0.1) is 5.10 Å². The lowest BCUT2D eigenvalue weighted by atomic mass is 10.1. The second kappa shape index (κ2) is 5.09. The van der Waals surface area contributed by atoms with Crippen molar-refractivity contribution in [1.82, 2.24) is 25.5 Å². The number of nitrogens with zero attached hydrogens (tertiary/aromatic N) is 4. The van der Waals surface area contributed by atoms with Gasteiger partial charge in [-0.3, -0.25) is 0 Å². The Hall–Kier alpha value is -1.75. The Morgan fingerprint density at radius 1 is 1.16 bits per heavy atom. The monoisotopic (exact) mass is 259 g/mol. The van der Waals surface area contributed by atoms with Crippen LogP contribution in [0.15, 0.2) is 18.2 Å². The molecule has 5 nitrogen and oxygen atoms in total. The summed E-state index contributed by atoms with van der Waals surface area (Å²) in [7, 11) is 0. The van der Waals surface area contributed by atoms with Gasteiger partial charge >= 0.3 is 0 Å². The summed E-state index contributed by atoms with van der Waals surface area (Å²) < 4.78 is 1.78. The average molecular weight is 259 g/mol. The van der Waals surface area contributed by atoms with Crippen LogP contribution in [-0.2, 0) is 6.54 Å². The molecule has 1 aromatic heterocycles. The minimum absolute atomic E-state index is 0.0416. The van der Waals surface area contributed by atoms with E-state index in [0.29, 0.717) is 6.54 Å². The van der Waals surface area contributed by atoms with Crippen LogP contribution in [0.2, 0.25) is 0 Å². The number of hydrogen-bond donors (Lipinski definition) is 1. The third-order valence-electron chi connectivity index (χ3n) is 3.05. The molecule has 19 heavy (non-hydrogen) atoms. The van der Waals surface area contributed by atoms with Gasteiger partial charge in [-0.1, -0.05) is 6.07 Å². The molecule has 0 atom stereocenters. The van der Waals surface area contributed by atoms with Crippen LogP contribution in [0.1, 0.15) is 37.7 Å². The van der Waals surface area contributed by atoms with E-state index in [-0.39, 0.29) is 5.54 Å². The molecule has 0 radical (unpaired) electrons. The van der Waals surface area contributed by atoms with Gasteiger partial charge in [-0.25, -0.2) is 0 Å². The van der Waals surface area contributed by atoms with Crippen LogP contribution in [0.3, 0.4) is 0 Å². The summed E-state index contributed by atoms with van der Waals surface area (Å²) in [5.74, 6) is 0.818. The van der Waals surface area contributed by atoms with E-state index in [2.05, 4.69) is 67.6 Å². The van der Waals surface area contributed by atoms with Crippen molar-refractivity contribution in [2.75, 3.05) is 0 Å². The van der Waals surface area contributed by atoms with E-state index in [1.54, 1.807) is 4.68 Å². The van der Waals surface area contributed by atoms with E-state index in [4.69, 9.17) is 0 Å². The molecule has 0 spiro atoms. The van der Waals surface area contributed by atoms with Crippen LogP contribution in [-0.4, -0.2) is 25.7 Å². The molecule has 1 aromatic carbocycles. The molecule has 0 aliphatic carbocycles. The van der Waals surface area contributed by atoms with E-state index in [0.717, 1.165) is 11.5 Å². The molecule has 1 heterocycles. The number of nitrogens with one attached hydrogen (secondary N) is 1. The first-order valence-electron chi connectivity index (χ1n) is 6.47. The molecule has 2 aromatic rings. The summed E-state index contributed by atoms with van der Waals surface area (Å²) in [6.07, 6.45) is 0. The molecule has 0 amide bonds. The van der Waals surface area contributed by atoms with Crippen molar-refractivity contribution in [3.63, 3.8) is 0 Å². The lowest BCUT2D eigenvalue weighted by Crippen LogP contribution is -2.35. The fraction of sp³-hybridized carbons (Fsp3) is 0.500. The maximum Gasteiger partial charge on any atom is 0.170 e. The molecule has 0 aliphatic heterocycles. The summed E-state index contributed by atoms with van der Waals surface area (Å²) in [4.78, 5) is 0. The zero-order valence-electron chi connectivity index (χ0n) is 12.2. The van der Waals surface area contributed by atoms with E-state index in [1.807, 2.05) is 6.07 Å². The number of aryl methyl sites for hydroxylation is 2. The van der Waals surface area contributed by atoms with E-state index >= 15 is 0 Å². The number of hydrogen-bond acceptors (Lipinski definition) is 4. The van der Waals surface area contributed by atoms with Crippen LogP contribution in [0.5, 0.6) is 0 Å². The van der Waals surface area contributed by atoms with Crippen molar-refractivity contribution < 1.29 is 0 Å².